The van der Waals surface area contributed by atoms with Crippen molar-refractivity contribution in [3.05, 3.63) is 49.2 Å². The van der Waals surface area contributed by atoms with Gasteiger partial charge < -0.3 is 9.88 Å². The first kappa shape index (κ1) is 14.4. The van der Waals surface area contributed by atoms with Crippen molar-refractivity contribution in [3.8, 4) is 0 Å². The number of amides is 1. The molecule has 1 aliphatic rings. The van der Waals surface area contributed by atoms with E-state index in [4.69, 9.17) is 11.6 Å². The topological polar surface area (TPSA) is 34.0 Å². The van der Waals surface area contributed by atoms with Gasteiger partial charge in [0.1, 0.15) is 5.69 Å². The predicted molar refractivity (Wildman–Crippen MR) is 92.5 cm³/mol. The first-order valence-corrected chi connectivity index (χ1v) is 8.43. The summed E-state index contributed by atoms with van der Waals surface area (Å²) in [7, 11) is 0. The molecule has 0 atom stereocenters. The average Bonchev–Trinajstić information content (AvgIpc) is 3.16. The Morgan fingerprint density at radius 3 is 2.80 bits per heavy atom. The molecule has 3 rings (SSSR count). The lowest BCUT2D eigenvalue weighted by Gasteiger charge is -2.10. The van der Waals surface area contributed by atoms with E-state index < -0.39 is 0 Å². The van der Waals surface area contributed by atoms with Crippen molar-refractivity contribution in [2.45, 2.75) is 18.9 Å². The van der Waals surface area contributed by atoms with Crippen molar-refractivity contribution >= 4 is 61.7 Å². The van der Waals surface area contributed by atoms with E-state index in [1.807, 2.05) is 29.0 Å². The van der Waals surface area contributed by atoms with Crippen molar-refractivity contribution < 1.29 is 4.79 Å². The molecule has 3 nitrogen and oxygen atoms in total. The average molecular weight is 466 g/mol. The first-order valence-electron chi connectivity index (χ1n) is 6.18. The Labute approximate surface area is 144 Å². The van der Waals surface area contributed by atoms with Crippen LogP contribution >= 0.6 is 50.1 Å². The van der Waals surface area contributed by atoms with Gasteiger partial charge in [0.15, 0.2) is 0 Å². The minimum absolute atomic E-state index is 0.0946. The van der Waals surface area contributed by atoms with Gasteiger partial charge >= 0.3 is 0 Å². The second-order valence-electron chi connectivity index (χ2n) is 4.76. The highest BCUT2D eigenvalue weighted by atomic mass is 127. The van der Waals surface area contributed by atoms with Gasteiger partial charge in [0.25, 0.3) is 5.91 Å². The summed E-state index contributed by atoms with van der Waals surface area (Å²) in [5.74, 6) is -0.0946. The Morgan fingerprint density at radius 1 is 1.40 bits per heavy atom. The van der Waals surface area contributed by atoms with E-state index in [0.717, 1.165) is 26.6 Å². The lowest BCUT2D eigenvalue weighted by atomic mass is 10.3. The number of hydrogen-bond acceptors (Lipinski definition) is 1. The summed E-state index contributed by atoms with van der Waals surface area (Å²) in [6, 6.07) is 7.74. The second kappa shape index (κ2) is 5.69. The second-order valence-corrected chi connectivity index (χ2v) is 7.27. The minimum Gasteiger partial charge on any atom is -0.339 e. The molecule has 0 radical (unpaired) electrons. The third kappa shape index (κ3) is 3.04. The summed E-state index contributed by atoms with van der Waals surface area (Å²) in [6.07, 6.45) is 4.25. The Bertz CT molecular complexity index is 682. The number of carbonyl (C=O) groups is 1. The number of rotatable bonds is 3. The molecule has 20 heavy (non-hydrogen) atoms. The molecule has 1 N–H and O–H groups in total. The summed E-state index contributed by atoms with van der Waals surface area (Å²) >= 11 is 11.5. The number of nitrogens with zero attached hydrogens (tertiary/aromatic N) is 1. The molecular weight excluding hydrogens is 454 g/mol. The third-order valence-corrected chi connectivity index (χ3v) is 4.73. The van der Waals surface area contributed by atoms with Gasteiger partial charge in [-0.15, -0.1) is 0 Å². The highest BCUT2D eigenvalue weighted by molar-refractivity contribution is 14.1. The summed E-state index contributed by atoms with van der Waals surface area (Å²) in [4.78, 5) is 12.4. The Hall–Kier alpha value is -0.530. The lowest BCUT2D eigenvalue weighted by Crippen LogP contribution is -2.16. The maximum atomic E-state index is 12.4. The zero-order chi connectivity index (χ0) is 14.3. The number of carbonyl (C=O) groups excluding carboxylic acids is 1. The van der Waals surface area contributed by atoms with Crippen LogP contribution in [0.5, 0.6) is 0 Å². The molecule has 1 fully saturated rings. The van der Waals surface area contributed by atoms with Crippen LogP contribution in [0.4, 0.5) is 5.69 Å². The molecule has 1 aromatic carbocycles. The number of aromatic nitrogens is 1. The number of anilines is 1. The van der Waals surface area contributed by atoms with Gasteiger partial charge in [-0.2, -0.15) is 0 Å². The molecule has 6 heteroatoms. The van der Waals surface area contributed by atoms with Crippen LogP contribution in [0.2, 0.25) is 5.02 Å². The third-order valence-electron chi connectivity index (χ3n) is 3.17. The fourth-order valence-electron chi connectivity index (χ4n) is 2.06. The molecule has 1 heterocycles. The molecular formula is C14H11BrClIN2O. The van der Waals surface area contributed by atoms with E-state index in [0.29, 0.717) is 16.8 Å². The van der Waals surface area contributed by atoms with E-state index in [9.17, 15) is 4.79 Å². The maximum absolute atomic E-state index is 12.4. The quantitative estimate of drug-likeness (QED) is 0.629. The van der Waals surface area contributed by atoms with Gasteiger partial charge in [0.05, 0.1) is 5.69 Å². The summed E-state index contributed by atoms with van der Waals surface area (Å²) in [6.45, 7) is 0. The van der Waals surface area contributed by atoms with E-state index in [2.05, 4.69) is 43.8 Å². The van der Waals surface area contributed by atoms with Crippen LogP contribution in [0.25, 0.3) is 0 Å². The Morgan fingerprint density at radius 2 is 2.15 bits per heavy atom. The predicted octanol–water partition coefficient (Wildman–Crippen LogP) is 5.10. The molecule has 1 aliphatic carbocycles. The van der Waals surface area contributed by atoms with Gasteiger partial charge in [-0.1, -0.05) is 11.6 Å². The molecule has 1 aromatic heterocycles. The number of hydrogen-bond donors (Lipinski definition) is 1. The zero-order valence-corrected chi connectivity index (χ0v) is 14.9. The summed E-state index contributed by atoms with van der Waals surface area (Å²) in [5, 5.41) is 3.61. The number of nitrogens with one attached hydrogen (secondary N) is 1. The number of benzene rings is 1. The molecule has 0 unspecified atom stereocenters. The highest BCUT2D eigenvalue weighted by Gasteiger charge is 2.27. The molecule has 1 amide bonds. The fraction of sp³-hybridized carbons (Fsp3) is 0.214. The fourth-order valence-corrected chi connectivity index (χ4v) is 3.50. The van der Waals surface area contributed by atoms with E-state index in [1.165, 1.54) is 0 Å². The van der Waals surface area contributed by atoms with E-state index in [-0.39, 0.29) is 5.91 Å². The molecule has 0 spiro atoms. The van der Waals surface area contributed by atoms with Crippen molar-refractivity contribution in [2.24, 2.45) is 0 Å². The molecule has 2 aromatic rings. The van der Waals surface area contributed by atoms with Crippen LogP contribution in [0.1, 0.15) is 29.4 Å². The SMILES string of the molecule is O=C(Nc1ccc(Cl)cc1I)c1cc(Br)cn1C1CC1. The molecule has 0 saturated heterocycles. The minimum atomic E-state index is -0.0946. The van der Waals surface area contributed by atoms with Gasteiger partial charge in [0, 0.05) is 25.3 Å². The Balaban J connectivity index is 1.86. The van der Waals surface area contributed by atoms with Crippen LogP contribution in [0.15, 0.2) is 34.9 Å². The van der Waals surface area contributed by atoms with Crippen molar-refractivity contribution in [2.75, 3.05) is 5.32 Å². The normalized spacial score (nSPS) is 14.3. The van der Waals surface area contributed by atoms with Crippen LogP contribution in [-0.2, 0) is 0 Å². The van der Waals surface area contributed by atoms with Gasteiger partial charge in [-0.25, -0.2) is 0 Å². The van der Waals surface area contributed by atoms with Gasteiger partial charge in [-0.3, -0.25) is 4.79 Å². The van der Waals surface area contributed by atoms with E-state index in [1.54, 1.807) is 6.07 Å². The molecule has 0 bridgehead atoms. The first-order chi connectivity index (χ1) is 9.54. The largest absolute Gasteiger partial charge is 0.339 e. The lowest BCUT2D eigenvalue weighted by molar-refractivity contribution is 0.101. The zero-order valence-electron chi connectivity index (χ0n) is 10.4. The summed E-state index contributed by atoms with van der Waals surface area (Å²) in [5.41, 5.74) is 1.46. The van der Waals surface area contributed by atoms with Crippen molar-refractivity contribution in [1.29, 1.82) is 0 Å². The summed E-state index contributed by atoms with van der Waals surface area (Å²) < 4.78 is 3.90. The van der Waals surface area contributed by atoms with Crippen LogP contribution < -0.4 is 5.32 Å². The van der Waals surface area contributed by atoms with E-state index >= 15 is 0 Å². The standard InChI is InChI=1S/C14H11BrClIN2O/c15-8-5-13(19(7-8)10-2-3-10)14(20)18-12-4-1-9(16)6-11(12)17/h1,4-7,10H,2-3H2,(H,18,20). The van der Waals surface area contributed by atoms with Crippen LogP contribution in [-0.4, -0.2) is 10.5 Å². The maximum Gasteiger partial charge on any atom is 0.272 e. The highest BCUT2D eigenvalue weighted by Crippen LogP contribution is 2.37. The van der Waals surface area contributed by atoms with Crippen LogP contribution in [0.3, 0.4) is 0 Å². The van der Waals surface area contributed by atoms with Gasteiger partial charge in [0.2, 0.25) is 0 Å². The molecule has 0 aliphatic heterocycles. The van der Waals surface area contributed by atoms with Crippen molar-refractivity contribution in [3.63, 3.8) is 0 Å². The molecule has 1 saturated carbocycles. The number of halogens is 3. The van der Waals surface area contributed by atoms with Crippen LogP contribution in [0, 0.1) is 3.57 Å². The smallest absolute Gasteiger partial charge is 0.272 e. The molecule has 104 valence electrons. The monoisotopic (exact) mass is 464 g/mol. The van der Waals surface area contributed by atoms with Gasteiger partial charge in [-0.05, 0) is 75.6 Å². The Kier molecular flexibility index (Phi) is 4.10. The van der Waals surface area contributed by atoms with Crippen molar-refractivity contribution in [1.82, 2.24) is 4.57 Å².